The molecule has 0 aliphatic rings. The van der Waals surface area contributed by atoms with Crippen molar-refractivity contribution in [2.45, 2.75) is 9.92 Å². The molecule has 0 fully saturated rings. The molecule has 17 heavy (non-hydrogen) atoms. The SMILES string of the molecule is COc1cccc(Sc2ncc(Cl)cc2F)c1. The molecule has 2 rings (SSSR count). The summed E-state index contributed by atoms with van der Waals surface area (Å²) in [6.07, 6.45) is 1.42. The van der Waals surface area contributed by atoms with Gasteiger partial charge in [0.1, 0.15) is 10.8 Å². The number of methoxy groups -OCH3 is 1. The fourth-order valence-electron chi connectivity index (χ4n) is 1.25. The number of aromatic nitrogens is 1. The fraction of sp³-hybridized carbons (Fsp3) is 0.0833. The van der Waals surface area contributed by atoms with E-state index in [4.69, 9.17) is 16.3 Å². The third kappa shape index (κ3) is 3.11. The molecule has 0 aliphatic carbocycles. The Morgan fingerprint density at radius 3 is 2.88 bits per heavy atom. The van der Waals surface area contributed by atoms with Gasteiger partial charge >= 0.3 is 0 Å². The Morgan fingerprint density at radius 1 is 1.35 bits per heavy atom. The molecule has 0 aliphatic heterocycles. The van der Waals surface area contributed by atoms with Crippen molar-refractivity contribution in [3.8, 4) is 5.75 Å². The highest BCUT2D eigenvalue weighted by Gasteiger charge is 2.07. The van der Waals surface area contributed by atoms with E-state index in [1.807, 2.05) is 24.3 Å². The molecule has 0 unspecified atom stereocenters. The van der Waals surface area contributed by atoms with Gasteiger partial charge in [0, 0.05) is 11.1 Å². The van der Waals surface area contributed by atoms with E-state index < -0.39 is 5.82 Å². The highest BCUT2D eigenvalue weighted by molar-refractivity contribution is 7.99. The number of ether oxygens (including phenoxy) is 1. The molecule has 0 bridgehead atoms. The third-order valence-corrected chi connectivity index (χ3v) is 3.22. The summed E-state index contributed by atoms with van der Waals surface area (Å²) in [5.41, 5.74) is 0. The van der Waals surface area contributed by atoms with E-state index in [1.54, 1.807) is 7.11 Å². The number of hydrogen-bond donors (Lipinski definition) is 0. The number of halogens is 2. The Labute approximate surface area is 108 Å². The van der Waals surface area contributed by atoms with Crippen molar-refractivity contribution >= 4 is 23.4 Å². The number of hydrogen-bond acceptors (Lipinski definition) is 3. The average molecular weight is 270 g/mol. The molecule has 2 nitrogen and oxygen atoms in total. The van der Waals surface area contributed by atoms with Crippen LogP contribution in [0, 0.1) is 5.82 Å². The molecule has 5 heteroatoms. The van der Waals surface area contributed by atoms with Gasteiger partial charge in [-0.05, 0) is 24.3 Å². The molecular weight excluding hydrogens is 261 g/mol. The first-order valence-electron chi connectivity index (χ1n) is 4.82. The van der Waals surface area contributed by atoms with E-state index in [1.165, 1.54) is 24.0 Å². The molecule has 0 saturated carbocycles. The van der Waals surface area contributed by atoms with Crippen LogP contribution >= 0.6 is 23.4 Å². The van der Waals surface area contributed by atoms with Crippen LogP contribution in [-0.4, -0.2) is 12.1 Å². The minimum atomic E-state index is -0.426. The van der Waals surface area contributed by atoms with Crippen molar-refractivity contribution < 1.29 is 9.13 Å². The summed E-state index contributed by atoms with van der Waals surface area (Å²) < 4.78 is 18.6. The predicted molar refractivity (Wildman–Crippen MR) is 66.3 cm³/mol. The molecule has 0 radical (unpaired) electrons. The molecule has 0 spiro atoms. The first kappa shape index (κ1) is 12.2. The Kier molecular flexibility index (Phi) is 3.86. The number of benzene rings is 1. The number of nitrogens with zero attached hydrogens (tertiary/aromatic N) is 1. The molecule has 0 atom stereocenters. The Hall–Kier alpha value is -1.26. The minimum Gasteiger partial charge on any atom is -0.497 e. The molecular formula is C12H9ClFNOS. The molecule has 0 saturated heterocycles. The van der Waals surface area contributed by atoms with E-state index in [9.17, 15) is 4.39 Å². The van der Waals surface area contributed by atoms with Gasteiger partial charge in [0.15, 0.2) is 5.82 Å². The largest absolute Gasteiger partial charge is 0.497 e. The molecule has 1 aromatic heterocycles. The van der Waals surface area contributed by atoms with Crippen LogP contribution in [0.15, 0.2) is 46.5 Å². The van der Waals surface area contributed by atoms with Crippen LogP contribution in [0.25, 0.3) is 0 Å². The van der Waals surface area contributed by atoms with Gasteiger partial charge in [-0.25, -0.2) is 9.37 Å². The van der Waals surface area contributed by atoms with Crippen molar-refractivity contribution in [1.29, 1.82) is 0 Å². The highest BCUT2D eigenvalue weighted by atomic mass is 35.5. The Balaban J connectivity index is 2.25. The zero-order valence-electron chi connectivity index (χ0n) is 8.98. The van der Waals surface area contributed by atoms with Crippen LogP contribution in [0.5, 0.6) is 5.75 Å². The van der Waals surface area contributed by atoms with Crippen LogP contribution in [0.3, 0.4) is 0 Å². The van der Waals surface area contributed by atoms with Crippen LogP contribution in [0.1, 0.15) is 0 Å². The van der Waals surface area contributed by atoms with Gasteiger partial charge in [0.2, 0.25) is 0 Å². The average Bonchev–Trinajstić information content (AvgIpc) is 2.33. The molecule has 0 N–H and O–H groups in total. The predicted octanol–water partition coefficient (Wildman–Crippen LogP) is 4.03. The van der Waals surface area contributed by atoms with Crippen molar-refractivity contribution in [3.63, 3.8) is 0 Å². The maximum Gasteiger partial charge on any atom is 0.157 e. The molecule has 1 heterocycles. The van der Waals surface area contributed by atoms with Gasteiger partial charge in [-0.1, -0.05) is 29.4 Å². The monoisotopic (exact) mass is 269 g/mol. The van der Waals surface area contributed by atoms with E-state index >= 15 is 0 Å². The quantitative estimate of drug-likeness (QED) is 0.840. The maximum absolute atomic E-state index is 13.5. The van der Waals surface area contributed by atoms with E-state index in [2.05, 4.69) is 4.98 Å². The van der Waals surface area contributed by atoms with Crippen molar-refractivity contribution in [2.75, 3.05) is 7.11 Å². The number of pyridine rings is 1. The van der Waals surface area contributed by atoms with Gasteiger partial charge in [-0.3, -0.25) is 0 Å². The summed E-state index contributed by atoms with van der Waals surface area (Å²) in [5, 5.41) is 0.583. The zero-order chi connectivity index (χ0) is 12.3. The summed E-state index contributed by atoms with van der Waals surface area (Å²) in [7, 11) is 1.59. The van der Waals surface area contributed by atoms with E-state index in [0.29, 0.717) is 5.03 Å². The summed E-state index contributed by atoms with van der Waals surface area (Å²) in [6, 6.07) is 8.60. The van der Waals surface area contributed by atoms with Crippen molar-refractivity contribution in [2.24, 2.45) is 0 Å². The van der Waals surface area contributed by atoms with Gasteiger partial charge in [-0.15, -0.1) is 0 Å². The van der Waals surface area contributed by atoms with Gasteiger partial charge in [0.05, 0.1) is 12.1 Å². The van der Waals surface area contributed by atoms with E-state index in [0.717, 1.165) is 10.6 Å². The summed E-state index contributed by atoms with van der Waals surface area (Å²) in [4.78, 5) is 4.80. The minimum absolute atomic E-state index is 0.289. The highest BCUT2D eigenvalue weighted by Crippen LogP contribution is 2.30. The first-order valence-corrected chi connectivity index (χ1v) is 6.01. The van der Waals surface area contributed by atoms with Crippen LogP contribution in [0.4, 0.5) is 4.39 Å². The number of rotatable bonds is 3. The summed E-state index contributed by atoms with van der Waals surface area (Å²) in [5.74, 6) is 0.301. The molecule has 0 amide bonds. The normalized spacial score (nSPS) is 10.3. The van der Waals surface area contributed by atoms with Crippen LogP contribution < -0.4 is 4.74 Å². The second-order valence-electron chi connectivity index (χ2n) is 3.22. The maximum atomic E-state index is 13.5. The molecule has 2 aromatic rings. The topological polar surface area (TPSA) is 22.1 Å². The van der Waals surface area contributed by atoms with Gasteiger partial charge < -0.3 is 4.74 Å². The van der Waals surface area contributed by atoms with Crippen LogP contribution in [0.2, 0.25) is 5.02 Å². The van der Waals surface area contributed by atoms with Crippen molar-refractivity contribution in [3.05, 3.63) is 47.4 Å². The second kappa shape index (κ2) is 5.38. The Bertz CT molecular complexity index is 536. The van der Waals surface area contributed by atoms with Gasteiger partial charge in [-0.2, -0.15) is 0 Å². The second-order valence-corrected chi connectivity index (χ2v) is 4.72. The van der Waals surface area contributed by atoms with Gasteiger partial charge in [0.25, 0.3) is 0 Å². The molecule has 88 valence electrons. The fourth-order valence-corrected chi connectivity index (χ4v) is 2.20. The smallest absolute Gasteiger partial charge is 0.157 e. The zero-order valence-corrected chi connectivity index (χ0v) is 10.6. The third-order valence-electron chi connectivity index (χ3n) is 2.03. The lowest BCUT2D eigenvalue weighted by atomic mass is 10.3. The standard InChI is InChI=1S/C12H9ClFNOS/c1-16-9-3-2-4-10(6-9)17-12-11(14)5-8(13)7-15-12/h2-7H,1H3. The van der Waals surface area contributed by atoms with E-state index in [-0.39, 0.29) is 5.02 Å². The lowest BCUT2D eigenvalue weighted by Gasteiger charge is -2.04. The molecule has 1 aromatic carbocycles. The van der Waals surface area contributed by atoms with Crippen LogP contribution in [-0.2, 0) is 0 Å². The first-order chi connectivity index (χ1) is 8.19. The lowest BCUT2D eigenvalue weighted by molar-refractivity contribution is 0.413. The summed E-state index contributed by atoms with van der Waals surface area (Å²) >= 11 is 6.86. The van der Waals surface area contributed by atoms with Crippen molar-refractivity contribution in [1.82, 2.24) is 4.98 Å². The summed E-state index contributed by atoms with van der Waals surface area (Å²) in [6.45, 7) is 0. The Morgan fingerprint density at radius 2 is 2.18 bits per heavy atom. The lowest BCUT2D eigenvalue weighted by Crippen LogP contribution is -1.87.